The number of aliphatic hydroxyl groups is 4. The second-order valence-electron chi connectivity index (χ2n) is 9.79. The van der Waals surface area contributed by atoms with Gasteiger partial charge in [-0.05, 0) is 12.8 Å². The van der Waals surface area contributed by atoms with Gasteiger partial charge < -0.3 is 30.5 Å². The largest absolute Gasteiger partial charge is 0.394 e. The summed E-state index contributed by atoms with van der Waals surface area (Å²) >= 11 is 0. The van der Waals surface area contributed by atoms with Crippen LogP contribution in [0.5, 0.6) is 0 Å². The van der Waals surface area contributed by atoms with Crippen LogP contribution in [0.25, 0.3) is 0 Å². The van der Waals surface area contributed by atoms with Crippen LogP contribution in [0.1, 0.15) is 110 Å². The van der Waals surface area contributed by atoms with Crippen molar-refractivity contribution < 1.29 is 30.0 Å². The molecule has 1 aliphatic heterocycles. The van der Waals surface area contributed by atoms with Crippen LogP contribution in [0.15, 0.2) is 24.3 Å². The predicted molar refractivity (Wildman–Crippen MR) is 140 cm³/mol. The summed E-state index contributed by atoms with van der Waals surface area (Å²) < 4.78 is 5.02. The number of allylic oxidation sites excluding steroid dienone is 3. The van der Waals surface area contributed by atoms with Gasteiger partial charge in [0.2, 0.25) is 5.91 Å². The molecule has 1 unspecified atom stereocenters. The average Bonchev–Trinajstić information content (AvgIpc) is 2.85. The van der Waals surface area contributed by atoms with Gasteiger partial charge in [-0.15, -0.1) is 0 Å². The Kier molecular flexibility index (Phi) is 19.0. The van der Waals surface area contributed by atoms with Crippen LogP contribution in [0.3, 0.4) is 0 Å². The molecule has 5 atom stereocenters. The highest BCUT2D eigenvalue weighted by atomic mass is 16.6. The van der Waals surface area contributed by atoms with Gasteiger partial charge in [0, 0.05) is 6.08 Å². The molecule has 1 heterocycles. The standard InChI is InChI=1S/C28H51NO6/c1-2-3-4-5-6-7-8-9-10-11-12-13-14-15-16-17-18-19-20-21-24(31)29-25-27(33)26(32)23(22-30)35-28(25)34/h18-21,23,25-28,30,32-34H,2-17,22H2,1H3,(H,29,31)/t23-,25-,26-,27-,28?/m1/s1. The second-order valence-corrected chi connectivity index (χ2v) is 9.79. The Morgan fingerprint density at radius 3 is 1.80 bits per heavy atom. The zero-order valence-electron chi connectivity index (χ0n) is 21.8. The molecule has 0 saturated carbocycles. The Balaban J connectivity index is 1.97. The molecule has 204 valence electrons. The number of carbonyl (C=O) groups is 1. The number of aliphatic hydroxyl groups excluding tert-OH is 4. The molecule has 35 heavy (non-hydrogen) atoms. The summed E-state index contributed by atoms with van der Waals surface area (Å²) in [6.45, 7) is 1.72. The van der Waals surface area contributed by atoms with E-state index in [-0.39, 0.29) is 0 Å². The molecule has 0 aromatic carbocycles. The molecule has 7 nitrogen and oxygen atoms in total. The lowest BCUT2D eigenvalue weighted by molar-refractivity contribution is -0.253. The fourth-order valence-corrected chi connectivity index (χ4v) is 4.42. The fourth-order valence-electron chi connectivity index (χ4n) is 4.42. The van der Waals surface area contributed by atoms with Crippen molar-refractivity contribution in [3.8, 4) is 0 Å². The topological polar surface area (TPSA) is 119 Å². The Bertz CT molecular complexity index is 582. The van der Waals surface area contributed by atoms with Gasteiger partial charge >= 0.3 is 0 Å². The molecule has 5 N–H and O–H groups in total. The summed E-state index contributed by atoms with van der Waals surface area (Å²) in [5.74, 6) is -0.511. The molecule has 0 aliphatic carbocycles. The van der Waals surface area contributed by atoms with E-state index in [2.05, 4.69) is 12.2 Å². The molecule has 1 aliphatic rings. The number of rotatable bonds is 20. The van der Waals surface area contributed by atoms with Gasteiger partial charge in [-0.25, -0.2) is 0 Å². The minimum atomic E-state index is -1.51. The van der Waals surface area contributed by atoms with E-state index in [4.69, 9.17) is 9.84 Å². The molecule has 1 fully saturated rings. The minimum Gasteiger partial charge on any atom is -0.394 e. The number of hydrogen-bond acceptors (Lipinski definition) is 6. The van der Waals surface area contributed by atoms with Gasteiger partial charge in [0.1, 0.15) is 24.4 Å². The first-order valence-corrected chi connectivity index (χ1v) is 14.0. The Morgan fingerprint density at radius 2 is 1.29 bits per heavy atom. The van der Waals surface area contributed by atoms with Crippen LogP contribution in [0, 0.1) is 0 Å². The molecular weight excluding hydrogens is 446 g/mol. The predicted octanol–water partition coefficient (Wildman–Crippen LogP) is 4.28. The second kappa shape index (κ2) is 20.9. The molecule has 0 bridgehead atoms. The van der Waals surface area contributed by atoms with E-state index in [1.165, 1.54) is 96.0 Å². The van der Waals surface area contributed by atoms with E-state index in [0.717, 1.165) is 12.8 Å². The van der Waals surface area contributed by atoms with Crippen LogP contribution in [-0.2, 0) is 9.53 Å². The van der Waals surface area contributed by atoms with E-state index in [1.54, 1.807) is 6.08 Å². The molecule has 0 spiro atoms. The van der Waals surface area contributed by atoms with Gasteiger partial charge in [0.05, 0.1) is 6.61 Å². The van der Waals surface area contributed by atoms with E-state index < -0.39 is 43.2 Å². The number of carbonyl (C=O) groups excluding carboxylic acids is 1. The third-order valence-electron chi connectivity index (χ3n) is 6.68. The van der Waals surface area contributed by atoms with Crippen molar-refractivity contribution in [2.24, 2.45) is 0 Å². The summed E-state index contributed by atoms with van der Waals surface area (Å²) in [7, 11) is 0. The molecule has 0 radical (unpaired) electrons. The van der Waals surface area contributed by atoms with E-state index >= 15 is 0 Å². The van der Waals surface area contributed by atoms with Crippen LogP contribution in [-0.4, -0.2) is 63.6 Å². The number of unbranched alkanes of at least 4 members (excludes halogenated alkanes) is 15. The van der Waals surface area contributed by atoms with Gasteiger partial charge in [-0.2, -0.15) is 0 Å². The summed E-state index contributed by atoms with van der Waals surface area (Å²) in [5, 5.41) is 41.3. The Labute approximate surface area is 212 Å². The first-order chi connectivity index (χ1) is 17.0. The maximum absolute atomic E-state index is 12.0. The lowest BCUT2D eigenvalue weighted by Crippen LogP contribution is -2.64. The SMILES string of the molecule is CCCCCCCCCCCCCCCCCC=CC=CC(=O)N[C@H]1C(O)O[C@H](CO)[C@@H](O)[C@@H]1O. The first kappa shape index (κ1) is 31.8. The highest BCUT2D eigenvalue weighted by molar-refractivity contribution is 5.88. The quantitative estimate of drug-likeness (QED) is 0.0973. The smallest absolute Gasteiger partial charge is 0.244 e. The molecule has 1 rings (SSSR count). The van der Waals surface area contributed by atoms with Crippen LogP contribution >= 0.6 is 0 Å². The lowest BCUT2D eigenvalue weighted by Gasteiger charge is -2.40. The van der Waals surface area contributed by atoms with Crippen molar-refractivity contribution >= 4 is 5.91 Å². The lowest BCUT2D eigenvalue weighted by atomic mass is 9.97. The van der Waals surface area contributed by atoms with Crippen molar-refractivity contribution in [1.29, 1.82) is 0 Å². The van der Waals surface area contributed by atoms with Gasteiger partial charge in [0.15, 0.2) is 6.29 Å². The number of nitrogens with one attached hydrogen (secondary N) is 1. The first-order valence-electron chi connectivity index (χ1n) is 14.0. The maximum atomic E-state index is 12.0. The van der Waals surface area contributed by atoms with E-state index in [1.807, 2.05) is 12.2 Å². The average molecular weight is 498 g/mol. The summed E-state index contributed by atoms with van der Waals surface area (Å²) in [5.41, 5.74) is 0. The van der Waals surface area contributed by atoms with Gasteiger partial charge in [-0.1, -0.05) is 115 Å². The van der Waals surface area contributed by atoms with Crippen molar-refractivity contribution in [3.05, 3.63) is 24.3 Å². The highest BCUT2D eigenvalue weighted by Gasteiger charge is 2.44. The molecule has 0 aromatic rings. The van der Waals surface area contributed by atoms with Gasteiger partial charge in [-0.3, -0.25) is 4.79 Å². The molecular formula is C28H51NO6. The third-order valence-corrected chi connectivity index (χ3v) is 6.68. The van der Waals surface area contributed by atoms with E-state index in [0.29, 0.717) is 0 Å². The summed E-state index contributed by atoms with van der Waals surface area (Å²) in [6, 6.07) is -1.17. The van der Waals surface area contributed by atoms with Crippen molar-refractivity contribution in [1.82, 2.24) is 5.32 Å². The third kappa shape index (κ3) is 14.8. The number of hydrogen-bond donors (Lipinski definition) is 5. The summed E-state index contributed by atoms with van der Waals surface area (Å²) in [6.07, 6.45) is 22.5. The highest BCUT2D eigenvalue weighted by Crippen LogP contribution is 2.19. The minimum absolute atomic E-state index is 0.511. The molecule has 7 heteroatoms. The Morgan fingerprint density at radius 1 is 0.771 bits per heavy atom. The maximum Gasteiger partial charge on any atom is 0.244 e. The zero-order chi connectivity index (χ0) is 25.7. The van der Waals surface area contributed by atoms with Crippen molar-refractivity contribution in [2.45, 2.75) is 140 Å². The summed E-state index contributed by atoms with van der Waals surface area (Å²) in [4.78, 5) is 12.0. The number of ether oxygens (including phenoxy) is 1. The Hall–Kier alpha value is -1.25. The number of amides is 1. The fraction of sp³-hybridized carbons (Fsp3) is 0.821. The molecule has 1 amide bonds. The normalized spacial score (nSPS) is 25.0. The molecule has 1 saturated heterocycles. The van der Waals surface area contributed by atoms with Crippen LogP contribution in [0.4, 0.5) is 0 Å². The van der Waals surface area contributed by atoms with E-state index in [9.17, 15) is 20.1 Å². The monoisotopic (exact) mass is 497 g/mol. The molecule has 0 aromatic heterocycles. The van der Waals surface area contributed by atoms with Crippen molar-refractivity contribution in [2.75, 3.05) is 6.61 Å². The van der Waals surface area contributed by atoms with Crippen molar-refractivity contribution in [3.63, 3.8) is 0 Å². The van der Waals surface area contributed by atoms with Crippen LogP contribution < -0.4 is 5.32 Å². The zero-order valence-corrected chi connectivity index (χ0v) is 21.8. The van der Waals surface area contributed by atoms with Crippen LogP contribution in [0.2, 0.25) is 0 Å². The van der Waals surface area contributed by atoms with Gasteiger partial charge in [0.25, 0.3) is 0 Å².